The summed E-state index contributed by atoms with van der Waals surface area (Å²) < 4.78 is 39.8. The number of carbonyl (C=O) groups is 3. The molecule has 2 N–H and O–H groups in total. The summed E-state index contributed by atoms with van der Waals surface area (Å²) in [5.41, 5.74) is 0. The molecule has 0 amide bonds. The minimum atomic E-state index is -4.75. The van der Waals surface area contributed by atoms with Crippen molar-refractivity contribution >= 4 is 25.7 Å². The lowest BCUT2D eigenvalue weighted by Gasteiger charge is -2.21. The van der Waals surface area contributed by atoms with Gasteiger partial charge in [-0.3, -0.25) is 23.4 Å². The minimum absolute atomic E-state index is 0.168. The fourth-order valence-electron chi connectivity index (χ4n) is 10.2. The van der Waals surface area contributed by atoms with Crippen LogP contribution in [0.1, 0.15) is 355 Å². The second kappa shape index (κ2) is 64.7. The van der Waals surface area contributed by atoms with Crippen molar-refractivity contribution in [2.24, 2.45) is 0 Å². The fraction of sp³-hybridized carbons (Fsp3) is 0.871. The van der Waals surface area contributed by atoms with E-state index in [0.717, 1.165) is 64.2 Å². The van der Waals surface area contributed by atoms with E-state index in [1.54, 1.807) is 0 Å². The highest BCUT2D eigenvalue weighted by molar-refractivity contribution is 7.47. The molecule has 0 spiro atoms. The maximum absolute atomic E-state index is 13.0. The summed E-state index contributed by atoms with van der Waals surface area (Å²) >= 11 is 0. The van der Waals surface area contributed by atoms with Crippen molar-refractivity contribution in [3.05, 3.63) is 36.5 Å². The molecule has 0 aromatic carbocycles. The number of esters is 3. The van der Waals surface area contributed by atoms with Crippen LogP contribution in [0.3, 0.4) is 0 Å². The molecule has 482 valence electrons. The van der Waals surface area contributed by atoms with Crippen molar-refractivity contribution in [3.8, 4) is 0 Å². The number of hydrogen-bond acceptors (Lipinski definition) is 10. The van der Waals surface area contributed by atoms with E-state index in [1.165, 1.54) is 231 Å². The van der Waals surface area contributed by atoms with Crippen molar-refractivity contribution < 1.29 is 52.2 Å². The average molecular weight is 1180 g/mol. The van der Waals surface area contributed by atoms with Crippen molar-refractivity contribution in [1.29, 1.82) is 0 Å². The summed E-state index contributed by atoms with van der Waals surface area (Å²) in [5.74, 6) is -1.44. The molecule has 0 saturated carbocycles. The van der Waals surface area contributed by atoms with Crippen LogP contribution in [0.25, 0.3) is 0 Å². The van der Waals surface area contributed by atoms with Crippen LogP contribution in [0.4, 0.5) is 0 Å². The summed E-state index contributed by atoms with van der Waals surface area (Å²) in [6, 6.07) is 0. The second-order valence-electron chi connectivity index (χ2n) is 23.7. The van der Waals surface area contributed by atoms with E-state index in [-0.39, 0.29) is 25.9 Å². The Hall–Kier alpha value is -2.30. The first-order chi connectivity index (χ1) is 40.2. The predicted octanol–water partition coefficient (Wildman–Crippen LogP) is 21.5. The molecule has 0 bridgehead atoms. The molecule has 0 aliphatic heterocycles. The zero-order valence-corrected chi connectivity index (χ0v) is 54.6. The van der Waals surface area contributed by atoms with E-state index < -0.39 is 57.8 Å². The fourth-order valence-corrected chi connectivity index (χ4v) is 11.0. The number of hydrogen-bond donors (Lipinski definition) is 2. The molecule has 0 saturated heterocycles. The van der Waals surface area contributed by atoms with Crippen molar-refractivity contribution in [2.45, 2.75) is 367 Å². The number of allylic oxidation sites excluding steroid dienone is 6. The van der Waals surface area contributed by atoms with Gasteiger partial charge in [0.05, 0.1) is 19.8 Å². The molecule has 0 radical (unpaired) electrons. The highest BCUT2D eigenvalue weighted by atomic mass is 31.2. The first-order valence-corrected chi connectivity index (χ1v) is 36.4. The van der Waals surface area contributed by atoms with Crippen LogP contribution in [-0.2, 0) is 42.2 Å². The molecular weight excluding hydrogens is 1050 g/mol. The molecule has 0 aromatic heterocycles. The zero-order chi connectivity index (χ0) is 59.8. The Morgan fingerprint density at radius 3 is 0.841 bits per heavy atom. The predicted molar refractivity (Wildman–Crippen MR) is 344 cm³/mol. The van der Waals surface area contributed by atoms with Gasteiger partial charge in [0.2, 0.25) is 0 Å². The lowest BCUT2D eigenvalue weighted by Crippen LogP contribution is -2.30. The molecule has 11 nitrogen and oxygen atoms in total. The Kier molecular flexibility index (Phi) is 62.9. The zero-order valence-electron chi connectivity index (χ0n) is 53.7. The average Bonchev–Trinajstić information content (AvgIpc) is 3.47. The van der Waals surface area contributed by atoms with Crippen LogP contribution in [-0.4, -0.2) is 66.5 Å². The summed E-state index contributed by atoms with van der Waals surface area (Å²) in [5, 5.41) is 9.87. The summed E-state index contributed by atoms with van der Waals surface area (Å²) in [7, 11) is -4.75. The summed E-state index contributed by atoms with van der Waals surface area (Å²) in [4.78, 5) is 48.9. The molecule has 12 heteroatoms. The third-order valence-electron chi connectivity index (χ3n) is 15.5. The number of aliphatic hydroxyl groups is 1. The maximum atomic E-state index is 13.0. The van der Waals surface area contributed by atoms with Gasteiger partial charge < -0.3 is 24.2 Å². The molecule has 3 atom stereocenters. The topological polar surface area (TPSA) is 155 Å². The molecule has 3 unspecified atom stereocenters. The summed E-state index contributed by atoms with van der Waals surface area (Å²) in [6.07, 6.45) is 70.9. The quantitative estimate of drug-likeness (QED) is 0.0197. The highest BCUT2D eigenvalue weighted by Gasteiger charge is 2.28. The third-order valence-corrected chi connectivity index (χ3v) is 16.5. The molecule has 0 fully saturated rings. The number of ether oxygens (including phenoxy) is 3. The van der Waals surface area contributed by atoms with Gasteiger partial charge in [-0.25, -0.2) is 4.57 Å². The highest BCUT2D eigenvalue weighted by Crippen LogP contribution is 2.43. The van der Waals surface area contributed by atoms with Crippen molar-refractivity contribution in [3.63, 3.8) is 0 Å². The molecular formula is C70H131O11P. The van der Waals surface area contributed by atoms with E-state index in [0.29, 0.717) is 19.3 Å². The van der Waals surface area contributed by atoms with Gasteiger partial charge in [0, 0.05) is 19.3 Å². The molecule has 0 heterocycles. The van der Waals surface area contributed by atoms with E-state index in [1.807, 2.05) is 0 Å². The van der Waals surface area contributed by atoms with Crippen LogP contribution in [0.15, 0.2) is 36.5 Å². The van der Waals surface area contributed by atoms with Gasteiger partial charge in [0.25, 0.3) is 0 Å². The van der Waals surface area contributed by atoms with Crippen LogP contribution in [0.5, 0.6) is 0 Å². The first-order valence-electron chi connectivity index (χ1n) is 34.9. The maximum Gasteiger partial charge on any atom is 0.472 e. The van der Waals surface area contributed by atoms with E-state index >= 15 is 0 Å². The normalized spacial score (nSPS) is 13.4. The van der Waals surface area contributed by atoms with Crippen molar-refractivity contribution in [2.75, 3.05) is 26.4 Å². The van der Waals surface area contributed by atoms with Gasteiger partial charge in [0.15, 0.2) is 6.10 Å². The van der Waals surface area contributed by atoms with Crippen LogP contribution in [0.2, 0.25) is 0 Å². The Bertz CT molecular complexity index is 1520. The van der Waals surface area contributed by atoms with Gasteiger partial charge >= 0.3 is 25.7 Å². The lowest BCUT2D eigenvalue weighted by atomic mass is 10.1. The summed E-state index contributed by atoms with van der Waals surface area (Å²) in [6.45, 7) is 4.71. The van der Waals surface area contributed by atoms with E-state index in [4.69, 9.17) is 23.3 Å². The largest absolute Gasteiger partial charge is 0.472 e. The number of phosphoric ester groups is 1. The minimum Gasteiger partial charge on any atom is -0.462 e. The number of unbranched alkanes of at least 4 members (excludes halogenated alkanes) is 43. The SMILES string of the molecule is CCCCCCCC/C=C\CCCCCCCCCCCC(=O)OCC(COP(=O)(O)OCC(CO)OC(=O)CCCCCCCCC/C=C\CCCCCCCC)OC(=O)CCCCCCCCCCC/C=C\CCCCCCCC. The van der Waals surface area contributed by atoms with Crippen LogP contribution >= 0.6 is 7.82 Å². The van der Waals surface area contributed by atoms with E-state index in [9.17, 15) is 28.9 Å². The first kappa shape index (κ1) is 79.7. The van der Waals surface area contributed by atoms with Gasteiger partial charge in [-0.05, 0) is 96.3 Å². The van der Waals surface area contributed by atoms with Gasteiger partial charge in [0.1, 0.15) is 12.7 Å². The number of phosphoric acid groups is 1. The standard InChI is InChI=1S/C70H131O11P/c1-4-7-10-13-16-19-22-25-28-31-33-36-38-41-44-47-50-53-56-59-68(72)77-63-67(81-70(74)61-58-55-52-49-46-43-40-37-34-32-29-26-23-20-17-14-11-8-5-2)65-79-82(75,76)78-64-66(62-71)80-69(73)60-57-54-51-48-45-42-39-35-30-27-24-21-18-15-12-9-6-3/h25-30,66-67,71H,4-24,31-65H2,1-3H3,(H,75,76)/b28-25-,29-26-,30-27-. The molecule has 0 aliphatic carbocycles. The molecule has 0 aliphatic rings. The molecule has 82 heavy (non-hydrogen) atoms. The monoisotopic (exact) mass is 1180 g/mol. The second-order valence-corrected chi connectivity index (χ2v) is 25.1. The van der Waals surface area contributed by atoms with Gasteiger partial charge in [-0.1, -0.05) is 276 Å². The lowest BCUT2D eigenvalue weighted by molar-refractivity contribution is -0.161. The molecule has 0 rings (SSSR count). The van der Waals surface area contributed by atoms with E-state index in [2.05, 4.69) is 57.2 Å². The van der Waals surface area contributed by atoms with Crippen LogP contribution < -0.4 is 0 Å². The molecule has 0 aromatic rings. The Morgan fingerprint density at radius 2 is 0.561 bits per heavy atom. The Balaban J connectivity index is 4.65. The number of carbonyl (C=O) groups excluding carboxylic acids is 3. The van der Waals surface area contributed by atoms with Gasteiger partial charge in [-0.2, -0.15) is 0 Å². The number of aliphatic hydroxyl groups excluding tert-OH is 1. The Morgan fingerprint density at radius 1 is 0.329 bits per heavy atom. The van der Waals surface area contributed by atoms with Crippen LogP contribution in [0, 0.1) is 0 Å². The Labute approximate surface area is 505 Å². The van der Waals surface area contributed by atoms with Crippen molar-refractivity contribution in [1.82, 2.24) is 0 Å². The number of rotatable bonds is 66. The smallest absolute Gasteiger partial charge is 0.462 e. The third kappa shape index (κ3) is 62.2. The van der Waals surface area contributed by atoms with Gasteiger partial charge in [-0.15, -0.1) is 0 Å².